The number of anilines is 1. The second kappa shape index (κ2) is 7.16. The minimum Gasteiger partial charge on any atom is -0.336 e. The number of fused-ring (bicyclic) bond motifs is 1. The summed E-state index contributed by atoms with van der Waals surface area (Å²) in [5.41, 5.74) is 11.1. The fourth-order valence-corrected chi connectivity index (χ4v) is 3.58. The Bertz CT molecular complexity index is 900. The van der Waals surface area contributed by atoms with Crippen molar-refractivity contribution in [3.63, 3.8) is 0 Å². The van der Waals surface area contributed by atoms with Crippen molar-refractivity contribution in [3.05, 3.63) is 53.1 Å². The number of hydrogen-bond acceptors (Lipinski definition) is 3. The molecule has 1 aliphatic rings. The quantitative estimate of drug-likeness (QED) is 0.762. The molecule has 4 N–H and O–H groups in total. The molecule has 0 atom stereocenters. The van der Waals surface area contributed by atoms with Crippen LogP contribution in [0.4, 0.5) is 10.5 Å². The third-order valence-corrected chi connectivity index (χ3v) is 4.92. The molecule has 0 aromatic heterocycles. The molecule has 142 valence electrons. The molecule has 0 heterocycles. The molecule has 0 fully saturated rings. The van der Waals surface area contributed by atoms with E-state index >= 15 is 0 Å². The van der Waals surface area contributed by atoms with Crippen LogP contribution in [0.25, 0.3) is 11.1 Å². The van der Waals surface area contributed by atoms with Crippen molar-refractivity contribution in [2.45, 2.75) is 46.7 Å². The maximum Gasteiger partial charge on any atom is 0.319 e. The van der Waals surface area contributed by atoms with Gasteiger partial charge in [0.25, 0.3) is 0 Å². The fourth-order valence-electron chi connectivity index (χ4n) is 3.58. The Morgan fingerprint density at radius 1 is 1.15 bits per heavy atom. The summed E-state index contributed by atoms with van der Waals surface area (Å²) >= 11 is 0. The van der Waals surface area contributed by atoms with Gasteiger partial charge in [0.15, 0.2) is 5.78 Å². The van der Waals surface area contributed by atoms with Crippen LogP contribution < -0.4 is 16.4 Å². The van der Waals surface area contributed by atoms with Crippen LogP contribution in [0.1, 0.15) is 49.2 Å². The van der Waals surface area contributed by atoms with Gasteiger partial charge in [-0.1, -0.05) is 38.1 Å². The Kier molecular flexibility index (Phi) is 5.07. The molecule has 0 saturated heterocycles. The molecule has 5 heteroatoms. The van der Waals surface area contributed by atoms with E-state index in [-0.39, 0.29) is 23.3 Å². The summed E-state index contributed by atoms with van der Waals surface area (Å²) in [6.07, 6.45) is 0.738. The summed E-state index contributed by atoms with van der Waals surface area (Å²) in [6.45, 7) is 8.19. The van der Waals surface area contributed by atoms with Crippen molar-refractivity contribution >= 4 is 17.5 Å². The lowest BCUT2D eigenvalue weighted by molar-refractivity contribution is 0.0863. The van der Waals surface area contributed by atoms with E-state index in [9.17, 15) is 9.59 Å². The first-order valence-electron chi connectivity index (χ1n) is 9.30. The Morgan fingerprint density at radius 2 is 1.89 bits per heavy atom. The molecule has 2 aromatic rings. The molecule has 0 bridgehead atoms. The fraction of sp³-hybridized carbons (Fsp3) is 0.364. The molecule has 0 spiro atoms. The molecule has 2 aromatic carbocycles. The topological polar surface area (TPSA) is 84.2 Å². The van der Waals surface area contributed by atoms with Gasteiger partial charge in [0.2, 0.25) is 0 Å². The van der Waals surface area contributed by atoms with E-state index in [2.05, 4.69) is 16.7 Å². The molecule has 5 nitrogen and oxygen atoms in total. The summed E-state index contributed by atoms with van der Waals surface area (Å²) in [4.78, 5) is 24.5. The number of amides is 2. The predicted molar refractivity (Wildman–Crippen MR) is 109 cm³/mol. The molecule has 0 radical (unpaired) electrons. The van der Waals surface area contributed by atoms with Crippen molar-refractivity contribution in [1.82, 2.24) is 5.32 Å². The molecule has 3 rings (SSSR count). The second-order valence-electron chi connectivity index (χ2n) is 8.09. The molecular formula is C22H27N3O2. The summed E-state index contributed by atoms with van der Waals surface area (Å²) in [6, 6.07) is 11.5. The first kappa shape index (κ1) is 19.1. The lowest BCUT2D eigenvalue weighted by Gasteiger charge is -2.14. The largest absolute Gasteiger partial charge is 0.336 e. The van der Waals surface area contributed by atoms with Gasteiger partial charge in [0.1, 0.15) is 0 Å². The van der Waals surface area contributed by atoms with Gasteiger partial charge >= 0.3 is 6.03 Å². The van der Waals surface area contributed by atoms with Crippen molar-refractivity contribution in [1.29, 1.82) is 0 Å². The number of carbonyl (C=O) groups excluding carboxylic acids is 2. The van der Waals surface area contributed by atoms with Gasteiger partial charge in [-0.15, -0.1) is 0 Å². The van der Waals surface area contributed by atoms with Gasteiger partial charge in [0, 0.05) is 29.3 Å². The third kappa shape index (κ3) is 3.88. The summed E-state index contributed by atoms with van der Waals surface area (Å²) < 4.78 is 0. The minimum absolute atomic E-state index is 0.0605. The van der Waals surface area contributed by atoms with E-state index in [1.165, 1.54) is 0 Å². The van der Waals surface area contributed by atoms with Gasteiger partial charge < -0.3 is 16.4 Å². The number of hydrogen-bond donors (Lipinski definition) is 3. The van der Waals surface area contributed by atoms with Crippen LogP contribution in [0.15, 0.2) is 36.4 Å². The standard InChI is InChI=1S/C22H27N3O2/c1-13(2)24-21(27)25-17-7-5-15(12-23)19(10-17)14-6-8-18-16(9-14)11-22(3,4)20(18)26/h5-10,13H,11-12,23H2,1-4H3,(H2,24,25,27). The van der Waals surface area contributed by atoms with Gasteiger partial charge in [0.05, 0.1) is 0 Å². The predicted octanol–water partition coefficient (Wildman–Crippen LogP) is 4.11. The number of urea groups is 1. The van der Waals surface area contributed by atoms with E-state index < -0.39 is 0 Å². The molecular weight excluding hydrogens is 338 g/mol. The van der Waals surface area contributed by atoms with E-state index in [1.54, 1.807) is 0 Å². The maximum absolute atomic E-state index is 12.5. The Balaban J connectivity index is 1.96. The smallest absolute Gasteiger partial charge is 0.319 e. The maximum atomic E-state index is 12.5. The molecule has 2 amide bonds. The SMILES string of the molecule is CC(C)NC(=O)Nc1ccc(CN)c(-c2ccc3c(c2)CC(C)(C)C3=O)c1. The number of nitrogens with one attached hydrogen (secondary N) is 2. The number of nitrogens with two attached hydrogens (primary N) is 1. The van der Waals surface area contributed by atoms with Crippen LogP contribution in [0, 0.1) is 5.41 Å². The lowest BCUT2D eigenvalue weighted by Crippen LogP contribution is -2.34. The average Bonchev–Trinajstić information content (AvgIpc) is 2.82. The highest BCUT2D eigenvalue weighted by atomic mass is 16.2. The van der Waals surface area contributed by atoms with Gasteiger partial charge in [-0.25, -0.2) is 4.79 Å². The third-order valence-electron chi connectivity index (χ3n) is 4.92. The zero-order valence-corrected chi connectivity index (χ0v) is 16.3. The summed E-state index contributed by atoms with van der Waals surface area (Å²) in [5.74, 6) is 0.198. The number of rotatable bonds is 4. The van der Waals surface area contributed by atoms with Gasteiger partial charge in [-0.2, -0.15) is 0 Å². The van der Waals surface area contributed by atoms with Crippen molar-refractivity contribution in [3.8, 4) is 11.1 Å². The average molecular weight is 365 g/mol. The van der Waals surface area contributed by atoms with E-state index in [0.717, 1.165) is 34.2 Å². The van der Waals surface area contributed by atoms with Crippen LogP contribution in [-0.2, 0) is 13.0 Å². The highest BCUT2D eigenvalue weighted by Gasteiger charge is 2.37. The first-order chi connectivity index (χ1) is 12.7. The van der Waals surface area contributed by atoms with Crippen LogP contribution in [-0.4, -0.2) is 17.9 Å². The highest BCUT2D eigenvalue weighted by molar-refractivity contribution is 6.05. The van der Waals surface area contributed by atoms with Crippen LogP contribution in [0.3, 0.4) is 0 Å². The van der Waals surface area contributed by atoms with Crippen LogP contribution in [0.5, 0.6) is 0 Å². The minimum atomic E-state index is -0.351. The van der Waals surface area contributed by atoms with E-state index in [0.29, 0.717) is 12.2 Å². The molecule has 27 heavy (non-hydrogen) atoms. The zero-order chi connectivity index (χ0) is 19.8. The molecule has 1 aliphatic carbocycles. The Labute approximate surface area is 160 Å². The lowest BCUT2D eigenvalue weighted by atomic mass is 9.89. The molecule has 0 unspecified atom stereocenters. The van der Waals surface area contributed by atoms with Gasteiger partial charge in [-0.3, -0.25) is 4.79 Å². The molecule has 0 saturated carbocycles. The van der Waals surface area contributed by atoms with E-state index in [1.807, 2.05) is 58.0 Å². The van der Waals surface area contributed by atoms with Crippen molar-refractivity contribution in [2.24, 2.45) is 11.1 Å². The number of Topliss-reactive ketones (excluding diaryl/α,β-unsaturated/α-hetero) is 1. The van der Waals surface area contributed by atoms with Crippen LogP contribution >= 0.6 is 0 Å². The zero-order valence-electron chi connectivity index (χ0n) is 16.3. The summed E-state index contributed by atoms with van der Waals surface area (Å²) in [5, 5.41) is 5.68. The number of ketones is 1. The number of benzene rings is 2. The Morgan fingerprint density at radius 3 is 2.56 bits per heavy atom. The number of carbonyl (C=O) groups is 2. The Hall–Kier alpha value is -2.66. The second-order valence-corrected chi connectivity index (χ2v) is 8.09. The highest BCUT2D eigenvalue weighted by Crippen LogP contribution is 2.38. The normalized spacial score (nSPS) is 15.0. The van der Waals surface area contributed by atoms with Crippen molar-refractivity contribution < 1.29 is 9.59 Å². The molecule has 0 aliphatic heterocycles. The monoisotopic (exact) mass is 365 g/mol. The summed E-state index contributed by atoms with van der Waals surface area (Å²) in [7, 11) is 0. The first-order valence-corrected chi connectivity index (χ1v) is 9.30. The van der Waals surface area contributed by atoms with E-state index in [4.69, 9.17) is 5.73 Å². The van der Waals surface area contributed by atoms with Crippen molar-refractivity contribution in [2.75, 3.05) is 5.32 Å². The van der Waals surface area contributed by atoms with Gasteiger partial charge in [-0.05, 0) is 54.7 Å². The van der Waals surface area contributed by atoms with Crippen LogP contribution in [0.2, 0.25) is 0 Å².